The topological polar surface area (TPSA) is 38.9 Å². The molecule has 9 rings (SSSR count). The highest BCUT2D eigenvalue weighted by molar-refractivity contribution is 6.24. The number of nitrogens with zero attached hydrogens (tertiary/aromatic N) is 2. The Balaban J connectivity index is 1.22. The smallest absolute Gasteiger partial charge is 0.144 e. The number of rotatable bonds is 3. The minimum atomic E-state index is 0.878. The summed E-state index contributed by atoms with van der Waals surface area (Å²) in [6, 6.07) is 48.7. The van der Waals surface area contributed by atoms with E-state index in [4.69, 9.17) is 14.4 Å². The van der Waals surface area contributed by atoms with Crippen molar-refractivity contribution in [2.24, 2.45) is 0 Å². The van der Waals surface area contributed by atoms with Crippen LogP contribution in [0.1, 0.15) is 0 Å². The molecule has 0 saturated heterocycles. The average molecular weight is 549 g/mol. The lowest BCUT2D eigenvalue weighted by Gasteiger charge is -2.10. The monoisotopic (exact) mass is 548 g/mol. The summed E-state index contributed by atoms with van der Waals surface area (Å²) >= 11 is 0. The summed E-state index contributed by atoms with van der Waals surface area (Å²) in [6.45, 7) is 0. The lowest BCUT2D eigenvalue weighted by Crippen LogP contribution is -1.89. The Kier molecular flexibility index (Phi) is 5.20. The van der Waals surface area contributed by atoms with E-state index in [1.54, 1.807) is 0 Å². The van der Waals surface area contributed by atoms with Crippen molar-refractivity contribution in [3.8, 4) is 33.6 Å². The van der Waals surface area contributed by atoms with Crippen LogP contribution in [0.4, 0.5) is 0 Å². The molecule has 3 heterocycles. The Morgan fingerprint density at radius 1 is 0.465 bits per heavy atom. The van der Waals surface area contributed by atoms with Crippen LogP contribution < -0.4 is 0 Å². The van der Waals surface area contributed by atoms with E-state index < -0.39 is 0 Å². The zero-order chi connectivity index (χ0) is 28.3. The number of para-hydroxylation sites is 1. The molecule has 43 heavy (non-hydrogen) atoms. The number of furan rings is 1. The molecule has 0 aliphatic heterocycles. The van der Waals surface area contributed by atoms with Crippen LogP contribution in [-0.2, 0) is 0 Å². The van der Waals surface area contributed by atoms with Gasteiger partial charge in [-0.05, 0) is 52.9 Å². The van der Waals surface area contributed by atoms with E-state index in [1.807, 2.05) is 36.5 Å². The number of benzene rings is 6. The molecule has 0 aliphatic rings. The summed E-state index contributed by atoms with van der Waals surface area (Å²) in [5, 5.41) is 7.79. The fourth-order valence-corrected chi connectivity index (χ4v) is 6.35. The van der Waals surface area contributed by atoms with Crippen LogP contribution in [0.15, 0.2) is 150 Å². The van der Waals surface area contributed by atoms with Gasteiger partial charge in [-0.2, -0.15) is 0 Å². The molecule has 0 spiro atoms. The number of fused-ring (bicyclic) bond motifs is 8. The Morgan fingerprint density at radius 2 is 1.19 bits per heavy atom. The first-order valence-corrected chi connectivity index (χ1v) is 14.5. The Morgan fingerprint density at radius 3 is 2.05 bits per heavy atom. The molecular formula is C40H24N2O. The predicted octanol–water partition coefficient (Wildman–Crippen LogP) is 10.8. The van der Waals surface area contributed by atoms with Gasteiger partial charge in [-0.15, -0.1) is 0 Å². The van der Waals surface area contributed by atoms with E-state index in [0.717, 1.165) is 82.6 Å². The minimum Gasteiger partial charge on any atom is -0.455 e. The molecule has 0 unspecified atom stereocenters. The second-order valence-electron chi connectivity index (χ2n) is 11.0. The number of aromatic nitrogens is 2. The zero-order valence-corrected chi connectivity index (χ0v) is 23.2. The third-order valence-electron chi connectivity index (χ3n) is 8.47. The van der Waals surface area contributed by atoms with E-state index in [1.165, 1.54) is 5.39 Å². The van der Waals surface area contributed by atoms with Gasteiger partial charge in [0.25, 0.3) is 0 Å². The van der Waals surface area contributed by atoms with Gasteiger partial charge < -0.3 is 4.42 Å². The first kappa shape index (κ1) is 23.9. The van der Waals surface area contributed by atoms with Crippen LogP contribution in [0.25, 0.3) is 88.0 Å². The van der Waals surface area contributed by atoms with Gasteiger partial charge in [0.05, 0.1) is 16.9 Å². The molecule has 200 valence electrons. The van der Waals surface area contributed by atoms with Crippen molar-refractivity contribution in [2.75, 3.05) is 0 Å². The van der Waals surface area contributed by atoms with Crippen LogP contribution in [0, 0.1) is 0 Å². The van der Waals surface area contributed by atoms with E-state index in [-0.39, 0.29) is 0 Å². The molecule has 0 amide bonds. The summed E-state index contributed by atoms with van der Waals surface area (Å²) in [6.07, 6.45) is 1.97. The van der Waals surface area contributed by atoms with Crippen LogP contribution in [0.2, 0.25) is 0 Å². The van der Waals surface area contributed by atoms with E-state index >= 15 is 0 Å². The van der Waals surface area contributed by atoms with Crippen molar-refractivity contribution in [3.05, 3.63) is 146 Å². The number of hydrogen-bond acceptors (Lipinski definition) is 3. The van der Waals surface area contributed by atoms with Gasteiger partial charge in [-0.1, -0.05) is 103 Å². The fraction of sp³-hybridized carbons (Fsp3) is 0. The molecule has 3 aromatic heterocycles. The molecular weight excluding hydrogens is 524 g/mol. The highest BCUT2D eigenvalue weighted by Gasteiger charge is 2.17. The normalized spacial score (nSPS) is 11.7. The molecule has 0 bridgehead atoms. The van der Waals surface area contributed by atoms with Crippen molar-refractivity contribution in [3.63, 3.8) is 0 Å². The van der Waals surface area contributed by atoms with Gasteiger partial charge >= 0.3 is 0 Å². The highest BCUT2D eigenvalue weighted by atomic mass is 16.3. The molecule has 0 saturated carbocycles. The molecule has 0 fully saturated rings. The third-order valence-corrected chi connectivity index (χ3v) is 8.47. The van der Waals surface area contributed by atoms with Gasteiger partial charge in [0, 0.05) is 49.6 Å². The Hall–Kier alpha value is -5.80. The molecule has 0 radical (unpaired) electrons. The lowest BCUT2D eigenvalue weighted by molar-refractivity contribution is 0.673. The standard InChI is InChI=1S/C40H24N2O/c1-3-9-25(10-4-1)36-23-29-16-15-27(21-30(29)24-41-36)28-17-20-37-34(22-28)31-18-19-33-38(40(31)43-37)32-13-7-8-14-35(32)42-39(33)26-11-5-2-6-12-26/h1-24H. The number of hydrogen-bond donors (Lipinski definition) is 0. The van der Waals surface area contributed by atoms with Gasteiger partial charge in [0.1, 0.15) is 11.2 Å². The highest BCUT2D eigenvalue weighted by Crippen LogP contribution is 2.41. The van der Waals surface area contributed by atoms with Crippen molar-refractivity contribution in [2.45, 2.75) is 0 Å². The summed E-state index contributed by atoms with van der Waals surface area (Å²) in [5.41, 5.74) is 9.21. The van der Waals surface area contributed by atoms with Gasteiger partial charge in [0.2, 0.25) is 0 Å². The summed E-state index contributed by atoms with van der Waals surface area (Å²) in [4.78, 5) is 9.85. The van der Waals surface area contributed by atoms with Crippen LogP contribution >= 0.6 is 0 Å². The Labute approximate surface area is 247 Å². The van der Waals surface area contributed by atoms with E-state index in [0.29, 0.717) is 0 Å². The zero-order valence-electron chi connectivity index (χ0n) is 23.2. The summed E-state index contributed by atoms with van der Waals surface area (Å²) < 4.78 is 6.64. The second kappa shape index (κ2) is 9.37. The first-order valence-electron chi connectivity index (χ1n) is 14.5. The molecule has 3 nitrogen and oxygen atoms in total. The molecule has 3 heteroatoms. The maximum atomic E-state index is 6.64. The van der Waals surface area contributed by atoms with E-state index in [2.05, 4.69) is 109 Å². The van der Waals surface area contributed by atoms with E-state index in [9.17, 15) is 0 Å². The van der Waals surface area contributed by atoms with Crippen molar-refractivity contribution in [1.82, 2.24) is 9.97 Å². The van der Waals surface area contributed by atoms with Gasteiger partial charge in [0.15, 0.2) is 0 Å². The quantitative estimate of drug-likeness (QED) is 0.206. The summed E-state index contributed by atoms with van der Waals surface area (Å²) in [7, 11) is 0. The minimum absolute atomic E-state index is 0.878. The first-order chi connectivity index (χ1) is 21.3. The molecule has 9 aromatic rings. The van der Waals surface area contributed by atoms with Crippen molar-refractivity contribution >= 4 is 54.4 Å². The fourth-order valence-electron chi connectivity index (χ4n) is 6.35. The molecule has 0 atom stereocenters. The second-order valence-corrected chi connectivity index (χ2v) is 11.0. The lowest BCUT2D eigenvalue weighted by atomic mass is 9.97. The average Bonchev–Trinajstić information content (AvgIpc) is 3.46. The third kappa shape index (κ3) is 3.83. The largest absolute Gasteiger partial charge is 0.455 e. The number of pyridine rings is 2. The van der Waals surface area contributed by atoms with Crippen LogP contribution in [0.5, 0.6) is 0 Å². The SMILES string of the molecule is c1ccc(-c2cc3ccc(-c4ccc5oc6c(ccc7c(-c8ccccc8)nc8ccccc8c76)c5c4)cc3cn2)cc1. The molecule has 0 N–H and O–H groups in total. The molecule has 0 aliphatic carbocycles. The van der Waals surface area contributed by atoms with Crippen molar-refractivity contribution < 1.29 is 4.42 Å². The maximum absolute atomic E-state index is 6.64. The van der Waals surface area contributed by atoms with Gasteiger partial charge in [-0.25, -0.2) is 4.98 Å². The van der Waals surface area contributed by atoms with Crippen molar-refractivity contribution in [1.29, 1.82) is 0 Å². The van der Waals surface area contributed by atoms with Gasteiger partial charge in [-0.3, -0.25) is 4.98 Å². The predicted molar refractivity (Wildman–Crippen MR) is 178 cm³/mol. The maximum Gasteiger partial charge on any atom is 0.144 e. The Bertz CT molecular complexity index is 2500. The van der Waals surface area contributed by atoms with Crippen LogP contribution in [-0.4, -0.2) is 9.97 Å². The summed E-state index contributed by atoms with van der Waals surface area (Å²) in [5.74, 6) is 0. The molecule has 6 aromatic carbocycles. The van der Waals surface area contributed by atoms with Crippen LogP contribution in [0.3, 0.4) is 0 Å².